The Balaban J connectivity index is 1.78. The lowest BCUT2D eigenvalue weighted by atomic mass is 10.3. The van der Waals surface area contributed by atoms with Gasteiger partial charge in [-0.1, -0.05) is 11.6 Å². The second kappa shape index (κ2) is 7.51. The van der Waals surface area contributed by atoms with Crippen molar-refractivity contribution in [1.82, 2.24) is 10.3 Å². The van der Waals surface area contributed by atoms with Crippen molar-refractivity contribution in [2.45, 2.75) is 20.4 Å². The first-order valence-corrected chi connectivity index (χ1v) is 9.46. The van der Waals surface area contributed by atoms with Crippen molar-refractivity contribution in [1.29, 1.82) is 0 Å². The zero-order chi connectivity index (χ0) is 18.0. The highest BCUT2D eigenvalue weighted by atomic mass is 35.5. The minimum absolute atomic E-state index is 0.0516. The summed E-state index contributed by atoms with van der Waals surface area (Å²) >= 11 is 8.92. The third-order valence-corrected chi connectivity index (χ3v) is 5.64. The van der Waals surface area contributed by atoms with Crippen LogP contribution in [-0.4, -0.2) is 10.9 Å². The summed E-state index contributed by atoms with van der Waals surface area (Å²) in [5, 5.41) is 6.72. The Kier molecular flexibility index (Phi) is 5.36. The van der Waals surface area contributed by atoms with Crippen LogP contribution in [0.1, 0.15) is 16.7 Å². The fourth-order valence-electron chi connectivity index (χ4n) is 2.19. The number of halogens is 2. The molecule has 4 nitrogen and oxygen atoms in total. The molecule has 2 aromatic heterocycles. The number of nitrogens with zero attached hydrogens (tertiary/aromatic N) is 1. The minimum Gasteiger partial charge on any atom is -0.351 e. The lowest BCUT2D eigenvalue weighted by Crippen LogP contribution is -2.17. The number of benzene rings is 1. The van der Waals surface area contributed by atoms with Gasteiger partial charge in [-0.25, -0.2) is 9.37 Å². The normalized spacial score (nSPS) is 10.7. The Labute approximate surface area is 157 Å². The van der Waals surface area contributed by atoms with Crippen LogP contribution in [0.3, 0.4) is 0 Å². The maximum absolute atomic E-state index is 13.2. The number of aryl methyl sites for hydroxylation is 1. The van der Waals surface area contributed by atoms with Crippen LogP contribution in [0.2, 0.25) is 5.02 Å². The van der Waals surface area contributed by atoms with Crippen molar-refractivity contribution in [3.8, 4) is 10.6 Å². The van der Waals surface area contributed by atoms with E-state index in [9.17, 15) is 9.18 Å². The van der Waals surface area contributed by atoms with Crippen molar-refractivity contribution in [2.75, 3.05) is 5.32 Å². The van der Waals surface area contributed by atoms with Gasteiger partial charge in [-0.05, 0) is 37.3 Å². The first-order chi connectivity index (χ1) is 11.9. The number of nitrogens with one attached hydrogen (secondary N) is 2. The smallest absolute Gasteiger partial charge is 0.217 e. The molecule has 0 bridgehead atoms. The van der Waals surface area contributed by atoms with Crippen molar-refractivity contribution in [2.24, 2.45) is 0 Å². The topological polar surface area (TPSA) is 54.0 Å². The fraction of sp³-hybridized carbons (Fsp3) is 0.176. The number of hydrogen-bond donors (Lipinski definition) is 2. The molecule has 0 atom stereocenters. The Morgan fingerprint density at radius 1 is 1.28 bits per heavy atom. The zero-order valence-electron chi connectivity index (χ0n) is 13.5. The largest absolute Gasteiger partial charge is 0.351 e. The van der Waals surface area contributed by atoms with E-state index in [-0.39, 0.29) is 10.9 Å². The van der Waals surface area contributed by atoms with Gasteiger partial charge in [0.05, 0.1) is 22.1 Å². The second-order valence-corrected chi connectivity index (χ2v) is 8.13. The van der Waals surface area contributed by atoms with Gasteiger partial charge < -0.3 is 10.6 Å². The minimum atomic E-state index is -0.450. The number of thiazole rings is 1. The van der Waals surface area contributed by atoms with Crippen LogP contribution in [0, 0.1) is 12.7 Å². The molecule has 130 valence electrons. The Morgan fingerprint density at radius 2 is 2.08 bits per heavy atom. The number of carbonyl (C=O) groups is 1. The summed E-state index contributed by atoms with van der Waals surface area (Å²) in [6.45, 7) is 4.02. The summed E-state index contributed by atoms with van der Waals surface area (Å²) in [6, 6.07) is 8.46. The maximum atomic E-state index is 13.2. The number of carbonyl (C=O) groups excluding carboxylic acids is 1. The molecular formula is C17H15ClFN3OS2. The maximum Gasteiger partial charge on any atom is 0.217 e. The van der Waals surface area contributed by atoms with Crippen molar-refractivity contribution >= 4 is 51.0 Å². The molecule has 25 heavy (non-hydrogen) atoms. The van der Waals surface area contributed by atoms with E-state index in [1.165, 1.54) is 30.4 Å². The fourth-order valence-corrected chi connectivity index (χ4v) is 4.28. The van der Waals surface area contributed by atoms with Gasteiger partial charge in [0.1, 0.15) is 5.82 Å². The van der Waals surface area contributed by atoms with Gasteiger partial charge in [0.2, 0.25) is 5.91 Å². The molecule has 1 amide bonds. The Morgan fingerprint density at radius 3 is 2.80 bits per heavy atom. The van der Waals surface area contributed by atoms with E-state index in [1.54, 1.807) is 17.4 Å². The monoisotopic (exact) mass is 395 g/mol. The Bertz CT molecular complexity index is 923. The highest BCUT2D eigenvalue weighted by molar-refractivity contribution is 7.18. The predicted octanol–water partition coefficient (Wildman–Crippen LogP) is 5.35. The number of aromatic nitrogens is 1. The molecule has 0 spiro atoms. The molecule has 0 unspecified atom stereocenters. The zero-order valence-corrected chi connectivity index (χ0v) is 15.9. The molecule has 0 fully saturated rings. The second-order valence-electron chi connectivity index (χ2n) is 5.35. The van der Waals surface area contributed by atoms with E-state index in [0.29, 0.717) is 17.4 Å². The SMILES string of the molecule is CC(=O)NCc1ccc(-c2nc(Nc3ccc(F)c(Cl)c3)sc2C)s1. The predicted molar refractivity (Wildman–Crippen MR) is 102 cm³/mol. The van der Waals surface area contributed by atoms with Gasteiger partial charge in [-0.2, -0.15) is 0 Å². The summed E-state index contributed by atoms with van der Waals surface area (Å²) in [6.07, 6.45) is 0. The third-order valence-electron chi connectivity index (χ3n) is 3.37. The van der Waals surface area contributed by atoms with Gasteiger partial charge in [0.15, 0.2) is 5.13 Å². The van der Waals surface area contributed by atoms with E-state index < -0.39 is 5.82 Å². The molecule has 0 saturated carbocycles. The van der Waals surface area contributed by atoms with Gasteiger partial charge in [-0.3, -0.25) is 4.79 Å². The number of thiophene rings is 1. The number of amides is 1. The molecule has 0 aliphatic heterocycles. The molecular weight excluding hydrogens is 381 g/mol. The molecule has 8 heteroatoms. The first kappa shape index (κ1) is 17.8. The van der Waals surface area contributed by atoms with E-state index >= 15 is 0 Å². The van der Waals surface area contributed by atoms with Gasteiger partial charge >= 0.3 is 0 Å². The molecule has 3 aromatic rings. The van der Waals surface area contributed by atoms with Crippen molar-refractivity contribution < 1.29 is 9.18 Å². The van der Waals surface area contributed by atoms with Crippen LogP contribution in [0.4, 0.5) is 15.2 Å². The first-order valence-electron chi connectivity index (χ1n) is 7.45. The average molecular weight is 396 g/mol. The lowest BCUT2D eigenvalue weighted by molar-refractivity contribution is -0.119. The van der Waals surface area contributed by atoms with Crippen molar-refractivity contribution in [3.05, 3.63) is 50.9 Å². The molecule has 1 aromatic carbocycles. The molecule has 0 saturated heterocycles. The van der Waals surface area contributed by atoms with Crippen LogP contribution in [0.15, 0.2) is 30.3 Å². The van der Waals surface area contributed by atoms with Gasteiger partial charge in [0.25, 0.3) is 0 Å². The molecule has 0 aliphatic carbocycles. The van der Waals surface area contributed by atoms with Crippen molar-refractivity contribution in [3.63, 3.8) is 0 Å². The molecule has 2 heterocycles. The lowest BCUT2D eigenvalue weighted by Gasteiger charge is -2.03. The van der Waals surface area contributed by atoms with Crippen LogP contribution < -0.4 is 10.6 Å². The molecule has 3 rings (SSSR count). The van der Waals surface area contributed by atoms with Crippen LogP contribution in [-0.2, 0) is 11.3 Å². The highest BCUT2D eigenvalue weighted by Gasteiger charge is 2.13. The van der Waals surface area contributed by atoms with E-state index in [4.69, 9.17) is 11.6 Å². The standard InChI is InChI=1S/C17H15ClFN3OS2/c1-9-16(15-6-4-12(25-15)8-20-10(2)23)22-17(24-9)21-11-3-5-14(19)13(18)7-11/h3-7H,8H2,1-2H3,(H,20,23)(H,21,22). The van der Waals surface area contributed by atoms with Gasteiger partial charge in [0, 0.05) is 22.4 Å². The summed E-state index contributed by atoms with van der Waals surface area (Å²) in [4.78, 5) is 18.8. The van der Waals surface area contributed by atoms with E-state index in [0.717, 1.165) is 20.3 Å². The quantitative estimate of drug-likeness (QED) is 0.612. The van der Waals surface area contributed by atoms with E-state index in [2.05, 4.69) is 15.6 Å². The summed E-state index contributed by atoms with van der Waals surface area (Å²) in [5.74, 6) is -0.502. The van der Waals surface area contributed by atoms with Crippen LogP contribution in [0.5, 0.6) is 0 Å². The van der Waals surface area contributed by atoms with Crippen LogP contribution >= 0.6 is 34.3 Å². The average Bonchev–Trinajstić information content (AvgIpc) is 3.15. The number of rotatable bonds is 5. The van der Waals surface area contributed by atoms with Gasteiger partial charge in [-0.15, -0.1) is 22.7 Å². The number of hydrogen-bond acceptors (Lipinski definition) is 5. The Hall–Kier alpha value is -1.96. The third kappa shape index (κ3) is 4.36. The summed E-state index contributed by atoms with van der Waals surface area (Å²) in [5.41, 5.74) is 1.59. The number of anilines is 2. The molecule has 0 aliphatic rings. The molecule has 0 radical (unpaired) electrons. The van der Waals surface area contributed by atoms with Crippen LogP contribution in [0.25, 0.3) is 10.6 Å². The highest BCUT2D eigenvalue weighted by Crippen LogP contribution is 2.36. The van der Waals surface area contributed by atoms with E-state index in [1.807, 2.05) is 19.1 Å². The molecule has 2 N–H and O–H groups in total. The summed E-state index contributed by atoms with van der Waals surface area (Å²) in [7, 11) is 0. The summed E-state index contributed by atoms with van der Waals surface area (Å²) < 4.78 is 13.2.